The van der Waals surface area contributed by atoms with Crippen molar-refractivity contribution in [3.8, 4) is 0 Å². The normalized spacial score (nSPS) is 11.6. The van der Waals surface area contributed by atoms with E-state index in [1.807, 2.05) is 0 Å². The fraction of sp³-hybridized carbons (Fsp3) is 0.368. The van der Waals surface area contributed by atoms with Crippen molar-refractivity contribution < 1.29 is 4.74 Å². The van der Waals surface area contributed by atoms with Crippen molar-refractivity contribution >= 4 is 0 Å². The van der Waals surface area contributed by atoms with Gasteiger partial charge in [0.2, 0.25) is 0 Å². The van der Waals surface area contributed by atoms with E-state index in [4.69, 9.17) is 4.74 Å². The Morgan fingerprint density at radius 3 is 1.85 bits per heavy atom. The molecule has 0 aromatic heterocycles. The van der Waals surface area contributed by atoms with E-state index in [1.165, 1.54) is 22.3 Å². The summed E-state index contributed by atoms with van der Waals surface area (Å²) in [5.41, 5.74) is 5.37. The van der Waals surface area contributed by atoms with Crippen molar-refractivity contribution in [1.82, 2.24) is 0 Å². The van der Waals surface area contributed by atoms with E-state index in [0.717, 1.165) is 13.0 Å². The summed E-state index contributed by atoms with van der Waals surface area (Å²) in [5.74, 6) is 0. The Hall–Kier alpha value is -1.60. The maximum Gasteiger partial charge on any atom is 0.0502 e. The molecule has 0 atom stereocenters. The van der Waals surface area contributed by atoms with Crippen LogP contribution in [0, 0.1) is 6.92 Å². The first kappa shape index (κ1) is 14.8. The van der Waals surface area contributed by atoms with Crippen LogP contribution in [-0.2, 0) is 16.6 Å². The van der Waals surface area contributed by atoms with E-state index in [0.29, 0.717) is 0 Å². The van der Waals surface area contributed by atoms with E-state index in [2.05, 4.69) is 69.3 Å². The van der Waals surface area contributed by atoms with Crippen molar-refractivity contribution in [2.24, 2.45) is 0 Å². The van der Waals surface area contributed by atoms with E-state index in [9.17, 15) is 0 Å². The maximum atomic E-state index is 5.12. The molecule has 2 rings (SSSR count). The first-order valence-electron chi connectivity index (χ1n) is 7.19. The lowest BCUT2D eigenvalue weighted by molar-refractivity contribution is 0.202. The molecular weight excluding hydrogens is 244 g/mol. The minimum absolute atomic E-state index is 0.0352. The Morgan fingerprint density at radius 2 is 1.35 bits per heavy atom. The average molecular weight is 268 g/mol. The van der Waals surface area contributed by atoms with Gasteiger partial charge in [0.25, 0.3) is 0 Å². The lowest BCUT2D eigenvalue weighted by atomic mass is 9.78. The molecule has 20 heavy (non-hydrogen) atoms. The number of aryl methyl sites for hydroxylation is 1. The molecule has 0 saturated carbocycles. The average Bonchev–Trinajstić information content (AvgIpc) is 2.46. The van der Waals surface area contributed by atoms with Crippen LogP contribution in [-0.4, -0.2) is 13.7 Å². The second kappa shape index (κ2) is 6.23. The lowest BCUT2D eigenvalue weighted by Crippen LogP contribution is -2.18. The van der Waals surface area contributed by atoms with Crippen LogP contribution >= 0.6 is 0 Å². The fourth-order valence-corrected chi connectivity index (χ4v) is 2.44. The minimum Gasteiger partial charge on any atom is -0.384 e. The van der Waals surface area contributed by atoms with Crippen molar-refractivity contribution in [1.29, 1.82) is 0 Å². The fourth-order valence-electron chi connectivity index (χ4n) is 2.44. The maximum absolute atomic E-state index is 5.12. The predicted molar refractivity (Wildman–Crippen MR) is 85.3 cm³/mol. The van der Waals surface area contributed by atoms with Crippen LogP contribution in [0.25, 0.3) is 0 Å². The van der Waals surface area contributed by atoms with Gasteiger partial charge in [-0.1, -0.05) is 67.9 Å². The molecule has 106 valence electrons. The van der Waals surface area contributed by atoms with Crippen molar-refractivity contribution in [2.45, 2.75) is 32.6 Å². The summed E-state index contributed by atoms with van der Waals surface area (Å²) in [5, 5.41) is 0. The molecule has 1 nitrogen and oxygen atoms in total. The summed E-state index contributed by atoms with van der Waals surface area (Å²) in [7, 11) is 1.74. The Balaban J connectivity index is 2.22. The molecule has 0 aliphatic carbocycles. The molecule has 0 saturated heterocycles. The lowest BCUT2D eigenvalue weighted by Gasteiger charge is -2.26. The largest absolute Gasteiger partial charge is 0.384 e. The number of rotatable bonds is 5. The third kappa shape index (κ3) is 3.29. The Labute approximate surface area is 122 Å². The smallest absolute Gasteiger partial charge is 0.0502 e. The quantitative estimate of drug-likeness (QED) is 0.775. The summed E-state index contributed by atoms with van der Waals surface area (Å²) in [6.07, 6.45) is 0.974. The van der Waals surface area contributed by atoms with Gasteiger partial charge in [-0.25, -0.2) is 0 Å². The Morgan fingerprint density at radius 1 is 0.850 bits per heavy atom. The van der Waals surface area contributed by atoms with Crippen molar-refractivity contribution in [3.05, 3.63) is 70.8 Å². The summed E-state index contributed by atoms with van der Waals surface area (Å²) >= 11 is 0. The number of benzene rings is 2. The third-order valence-electron chi connectivity index (χ3n) is 4.04. The molecule has 2 aromatic rings. The molecule has 0 amide bonds. The van der Waals surface area contributed by atoms with Gasteiger partial charge in [0.1, 0.15) is 0 Å². The molecule has 0 aliphatic rings. The first-order valence-corrected chi connectivity index (χ1v) is 7.19. The predicted octanol–water partition coefficient (Wildman–Crippen LogP) is 4.51. The third-order valence-corrected chi connectivity index (χ3v) is 4.04. The zero-order valence-electron chi connectivity index (χ0n) is 12.9. The highest BCUT2D eigenvalue weighted by atomic mass is 16.5. The summed E-state index contributed by atoms with van der Waals surface area (Å²) in [6.45, 7) is 7.46. The molecule has 0 N–H and O–H groups in total. The minimum atomic E-state index is 0.0352. The molecular formula is C19H24O. The molecule has 2 aromatic carbocycles. The van der Waals surface area contributed by atoms with Gasteiger partial charge in [-0.2, -0.15) is 0 Å². The second-order valence-electron chi connectivity index (χ2n) is 5.93. The van der Waals surface area contributed by atoms with Crippen LogP contribution in [0.2, 0.25) is 0 Å². The van der Waals surface area contributed by atoms with Gasteiger partial charge < -0.3 is 4.74 Å². The Kier molecular flexibility index (Phi) is 4.61. The number of hydrogen-bond donors (Lipinski definition) is 0. The van der Waals surface area contributed by atoms with Gasteiger partial charge in [0.05, 0.1) is 6.61 Å². The summed E-state index contributed by atoms with van der Waals surface area (Å²) < 4.78 is 5.12. The topological polar surface area (TPSA) is 9.23 Å². The van der Waals surface area contributed by atoms with Crippen LogP contribution in [0.4, 0.5) is 0 Å². The van der Waals surface area contributed by atoms with Gasteiger partial charge in [0, 0.05) is 12.5 Å². The van der Waals surface area contributed by atoms with Gasteiger partial charge in [0.15, 0.2) is 0 Å². The molecule has 0 spiro atoms. The molecule has 0 aliphatic heterocycles. The molecule has 0 fully saturated rings. The van der Waals surface area contributed by atoms with Crippen LogP contribution < -0.4 is 0 Å². The van der Waals surface area contributed by atoms with E-state index in [-0.39, 0.29) is 5.41 Å². The molecule has 0 radical (unpaired) electrons. The van der Waals surface area contributed by atoms with Gasteiger partial charge in [-0.3, -0.25) is 0 Å². The zero-order valence-corrected chi connectivity index (χ0v) is 12.9. The number of hydrogen-bond acceptors (Lipinski definition) is 1. The van der Waals surface area contributed by atoms with Crippen LogP contribution in [0.5, 0.6) is 0 Å². The van der Waals surface area contributed by atoms with Gasteiger partial charge >= 0.3 is 0 Å². The van der Waals surface area contributed by atoms with E-state index in [1.54, 1.807) is 7.11 Å². The van der Waals surface area contributed by atoms with Crippen molar-refractivity contribution in [3.63, 3.8) is 0 Å². The molecule has 1 heteroatoms. The SMILES string of the molecule is COCCc1ccc(C(C)(C)c2ccc(C)cc2)cc1. The zero-order chi connectivity index (χ0) is 14.6. The molecule has 0 unspecified atom stereocenters. The van der Waals surface area contributed by atoms with Gasteiger partial charge in [-0.15, -0.1) is 0 Å². The van der Waals surface area contributed by atoms with Gasteiger partial charge in [-0.05, 0) is 30.0 Å². The Bertz CT molecular complexity index is 535. The second-order valence-corrected chi connectivity index (χ2v) is 5.93. The standard InChI is InChI=1S/C19H24O/c1-15-5-9-17(10-6-15)19(2,3)18-11-7-16(8-12-18)13-14-20-4/h5-12H,13-14H2,1-4H3. The van der Waals surface area contributed by atoms with Crippen LogP contribution in [0.15, 0.2) is 48.5 Å². The highest BCUT2D eigenvalue weighted by molar-refractivity contribution is 5.39. The van der Waals surface area contributed by atoms with Crippen LogP contribution in [0.3, 0.4) is 0 Å². The molecule has 0 bridgehead atoms. The summed E-state index contributed by atoms with van der Waals surface area (Å²) in [6, 6.07) is 17.7. The highest BCUT2D eigenvalue weighted by Crippen LogP contribution is 2.31. The number of ether oxygens (including phenoxy) is 1. The van der Waals surface area contributed by atoms with Crippen molar-refractivity contribution in [2.75, 3.05) is 13.7 Å². The van der Waals surface area contributed by atoms with E-state index >= 15 is 0 Å². The molecule has 0 heterocycles. The van der Waals surface area contributed by atoms with Crippen LogP contribution in [0.1, 0.15) is 36.1 Å². The van der Waals surface area contributed by atoms with E-state index < -0.39 is 0 Å². The highest BCUT2D eigenvalue weighted by Gasteiger charge is 2.22. The summed E-state index contributed by atoms with van der Waals surface area (Å²) in [4.78, 5) is 0. The monoisotopic (exact) mass is 268 g/mol. The number of methoxy groups -OCH3 is 1. The first-order chi connectivity index (χ1) is 9.54.